The fraction of sp³-hybridized carbons (Fsp3) is 0.412. The zero-order chi connectivity index (χ0) is 30.0. The van der Waals surface area contributed by atoms with E-state index >= 15 is 0 Å². The van der Waals surface area contributed by atoms with Crippen LogP contribution >= 0.6 is 0 Å². The molecule has 0 aromatic heterocycles. The summed E-state index contributed by atoms with van der Waals surface area (Å²) in [5, 5.41) is 13.8. The molecular weight excluding hydrogens is 532 g/mol. The monoisotopic (exact) mass is 574 g/mol. The molecule has 0 saturated carbocycles. The highest BCUT2D eigenvalue weighted by atomic mass is 16.6. The van der Waals surface area contributed by atoms with Gasteiger partial charge in [0.25, 0.3) is 5.91 Å². The first-order valence-electron chi connectivity index (χ1n) is 14.6. The number of para-hydroxylation sites is 1. The van der Waals surface area contributed by atoms with E-state index < -0.39 is 17.8 Å². The highest BCUT2D eigenvalue weighted by Crippen LogP contribution is 2.28. The van der Waals surface area contributed by atoms with Crippen molar-refractivity contribution < 1.29 is 28.9 Å². The number of ether oxygens (including phenoxy) is 3. The maximum Gasteiger partial charge on any atom is 0.410 e. The quantitative estimate of drug-likeness (QED) is 0.302. The second kappa shape index (κ2) is 14.7. The van der Waals surface area contributed by atoms with Gasteiger partial charge < -0.3 is 29.5 Å². The average molecular weight is 575 g/mol. The van der Waals surface area contributed by atoms with Gasteiger partial charge in [-0.3, -0.25) is 4.79 Å². The maximum absolute atomic E-state index is 13.4. The molecule has 224 valence electrons. The molecule has 0 bridgehead atoms. The molecule has 3 aromatic rings. The van der Waals surface area contributed by atoms with E-state index in [4.69, 9.17) is 14.2 Å². The molecule has 0 heterocycles. The molecular formula is C34H42N2O6. The number of aliphatic hydroxyl groups excluding tert-OH is 1. The molecule has 3 aromatic carbocycles. The van der Waals surface area contributed by atoms with Crippen LogP contribution in [0.25, 0.3) is 0 Å². The Kier molecular flexibility index (Phi) is 10.8. The van der Waals surface area contributed by atoms with E-state index in [1.165, 1.54) is 5.56 Å². The molecule has 2 amide bonds. The lowest BCUT2D eigenvalue weighted by Gasteiger charge is -2.34. The number of fused-ring (bicyclic) bond motifs is 1. The molecule has 0 saturated heterocycles. The Balaban J connectivity index is 1.41. The third kappa shape index (κ3) is 9.80. The zero-order valence-corrected chi connectivity index (χ0v) is 24.8. The Morgan fingerprint density at radius 2 is 1.67 bits per heavy atom. The van der Waals surface area contributed by atoms with Crippen LogP contribution in [0.15, 0.2) is 78.9 Å². The van der Waals surface area contributed by atoms with Crippen LogP contribution in [-0.4, -0.2) is 59.5 Å². The number of hydrogen-bond donors (Lipinski definition) is 2. The number of hydrogen-bond acceptors (Lipinski definition) is 6. The van der Waals surface area contributed by atoms with Crippen molar-refractivity contribution in [2.75, 3.05) is 19.8 Å². The number of carbonyl (C=O) groups is 2. The van der Waals surface area contributed by atoms with E-state index in [2.05, 4.69) is 5.32 Å². The Labute approximate surface area is 248 Å². The molecule has 2 N–H and O–H groups in total. The van der Waals surface area contributed by atoms with Gasteiger partial charge >= 0.3 is 6.09 Å². The number of carbonyl (C=O) groups excluding carboxylic acids is 2. The standard InChI is InChI=1S/C34H42N2O6/c1-34(2,3)42-33(39)36(22-29(37)23-40-30-15-8-5-9-16-30)28-14-10-13-26-17-18-31(20-27(26)19-28)41-24-32(38)35-21-25-11-6-4-7-12-25/h4-9,11-12,15-18,20,28-29,37H,10,13-14,19,21-24H2,1-3H3,(H,35,38)/t28?,29-/m0/s1. The van der Waals surface area contributed by atoms with E-state index in [0.717, 1.165) is 30.4 Å². The minimum atomic E-state index is -0.899. The van der Waals surface area contributed by atoms with Crippen molar-refractivity contribution in [3.8, 4) is 11.5 Å². The van der Waals surface area contributed by atoms with Crippen LogP contribution < -0.4 is 14.8 Å². The molecule has 42 heavy (non-hydrogen) atoms. The first kappa shape index (κ1) is 30.9. The molecule has 0 radical (unpaired) electrons. The smallest absolute Gasteiger partial charge is 0.410 e. The number of nitrogens with zero attached hydrogens (tertiary/aromatic N) is 1. The summed E-state index contributed by atoms with van der Waals surface area (Å²) in [4.78, 5) is 27.4. The lowest BCUT2D eigenvalue weighted by Crippen LogP contribution is -2.48. The zero-order valence-electron chi connectivity index (χ0n) is 24.8. The minimum Gasteiger partial charge on any atom is -0.491 e. The summed E-state index contributed by atoms with van der Waals surface area (Å²) < 4.78 is 17.3. The Bertz CT molecular complexity index is 1290. The molecule has 0 aliphatic heterocycles. The van der Waals surface area contributed by atoms with Crippen LogP contribution in [0.1, 0.15) is 50.3 Å². The summed E-state index contributed by atoms with van der Waals surface area (Å²) in [5.74, 6) is 1.06. The van der Waals surface area contributed by atoms with Crippen LogP contribution in [-0.2, 0) is 28.9 Å². The van der Waals surface area contributed by atoms with Gasteiger partial charge in [-0.1, -0.05) is 54.6 Å². The molecule has 0 spiro atoms. The summed E-state index contributed by atoms with van der Waals surface area (Å²) in [6, 6.07) is 24.7. The van der Waals surface area contributed by atoms with E-state index in [-0.39, 0.29) is 31.7 Å². The fourth-order valence-electron chi connectivity index (χ4n) is 4.95. The van der Waals surface area contributed by atoms with Gasteiger partial charge in [-0.15, -0.1) is 0 Å². The van der Waals surface area contributed by atoms with Crippen LogP contribution in [0.4, 0.5) is 4.79 Å². The van der Waals surface area contributed by atoms with Crippen LogP contribution in [0.2, 0.25) is 0 Å². The van der Waals surface area contributed by atoms with Gasteiger partial charge in [0.05, 0.1) is 6.54 Å². The molecule has 8 nitrogen and oxygen atoms in total. The average Bonchev–Trinajstić information content (AvgIpc) is 3.18. The van der Waals surface area contributed by atoms with Gasteiger partial charge in [-0.05, 0) is 87.4 Å². The Hall–Kier alpha value is -4.04. The van der Waals surface area contributed by atoms with Gasteiger partial charge in [0.1, 0.15) is 29.8 Å². The number of nitrogens with one attached hydrogen (secondary N) is 1. The first-order valence-corrected chi connectivity index (χ1v) is 14.6. The largest absolute Gasteiger partial charge is 0.491 e. The Morgan fingerprint density at radius 1 is 0.952 bits per heavy atom. The second-order valence-electron chi connectivity index (χ2n) is 11.6. The van der Waals surface area contributed by atoms with Gasteiger partial charge in [0.15, 0.2) is 6.61 Å². The summed E-state index contributed by atoms with van der Waals surface area (Å²) >= 11 is 0. The third-order valence-corrected chi connectivity index (χ3v) is 6.98. The van der Waals surface area contributed by atoms with Gasteiger partial charge in [-0.25, -0.2) is 4.79 Å². The van der Waals surface area contributed by atoms with Crippen molar-refractivity contribution in [3.63, 3.8) is 0 Å². The summed E-state index contributed by atoms with van der Waals surface area (Å²) in [6.45, 7) is 5.99. The van der Waals surface area contributed by atoms with Crippen LogP contribution in [0, 0.1) is 0 Å². The van der Waals surface area contributed by atoms with E-state index in [1.807, 2.05) is 99.6 Å². The van der Waals surface area contributed by atoms with Crippen molar-refractivity contribution in [2.45, 2.75) is 70.7 Å². The molecule has 1 unspecified atom stereocenters. The molecule has 0 fully saturated rings. The van der Waals surface area contributed by atoms with Crippen LogP contribution in [0.3, 0.4) is 0 Å². The second-order valence-corrected chi connectivity index (χ2v) is 11.6. The van der Waals surface area contributed by atoms with Crippen molar-refractivity contribution in [1.29, 1.82) is 0 Å². The van der Waals surface area contributed by atoms with Gasteiger partial charge in [0, 0.05) is 12.6 Å². The highest BCUT2D eigenvalue weighted by Gasteiger charge is 2.32. The highest BCUT2D eigenvalue weighted by molar-refractivity contribution is 5.77. The predicted molar refractivity (Wildman–Crippen MR) is 162 cm³/mol. The van der Waals surface area contributed by atoms with Crippen molar-refractivity contribution >= 4 is 12.0 Å². The number of aliphatic hydroxyl groups is 1. The number of aryl methyl sites for hydroxylation is 1. The number of rotatable bonds is 11. The lowest BCUT2D eigenvalue weighted by atomic mass is 10.0. The molecule has 1 aliphatic rings. The summed E-state index contributed by atoms with van der Waals surface area (Å²) in [5.41, 5.74) is 2.60. The Morgan fingerprint density at radius 3 is 2.38 bits per heavy atom. The SMILES string of the molecule is CC(C)(C)OC(=O)N(C[C@H](O)COc1ccccc1)C1CCCc2ccc(OCC(=O)NCc3ccccc3)cc2C1. The predicted octanol–water partition coefficient (Wildman–Crippen LogP) is 5.31. The molecule has 8 heteroatoms. The maximum atomic E-state index is 13.4. The van der Waals surface area contributed by atoms with Crippen LogP contribution in [0.5, 0.6) is 11.5 Å². The number of amides is 2. The lowest BCUT2D eigenvalue weighted by molar-refractivity contribution is -0.123. The van der Waals surface area contributed by atoms with Crippen molar-refractivity contribution in [3.05, 3.63) is 95.6 Å². The first-order chi connectivity index (χ1) is 20.2. The molecule has 1 aliphatic carbocycles. The molecule has 4 rings (SSSR count). The van der Waals surface area contributed by atoms with Crippen molar-refractivity contribution in [2.24, 2.45) is 0 Å². The van der Waals surface area contributed by atoms with Crippen molar-refractivity contribution in [1.82, 2.24) is 10.2 Å². The van der Waals surface area contributed by atoms with Gasteiger partial charge in [-0.2, -0.15) is 0 Å². The summed E-state index contributed by atoms with van der Waals surface area (Å²) in [6.07, 6.45) is 1.74. The van der Waals surface area contributed by atoms with E-state index in [0.29, 0.717) is 24.5 Å². The topological polar surface area (TPSA) is 97.3 Å². The van der Waals surface area contributed by atoms with Gasteiger partial charge in [0.2, 0.25) is 0 Å². The van der Waals surface area contributed by atoms with E-state index in [9.17, 15) is 14.7 Å². The fourth-order valence-corrected chi connectivity index (χ4v) is 4.95. The molecule has 2 atom stereocenters. The third-order valence-electron chi connectivity index (χ3n) is 6.98. The van der Waals surface area contributed by atoms with E-state index in [1.54, 1.807) is 4.90 Å². The minimum absolute atomic E-state index is 0.0525. The number of benzene rings is 3. The summed E-state index contributed by atoms with van der Waals surface area (Å²) in [7, 11) is 0. The normalized spacial score (nSPS) is 15.5.